The van der Waals surface area contributed by atoms with Crippen molar-refractivity contribution in [2.75, 3.05) is 6.54 Å². The van der Waals surface area contributed by atoms with E-state index in [1.807, 2.05) is 13.8 Å². The van der Waals surface area contributed by atoms with E-state index in [0.29, 0.717) is 0 Å². The topological polar surface area (TPSA) is 100 Å². The number of nitrogens with one attached hydrogen (secondary N) is 3. The first-order valence-electron chi connectivity index (χ1n) is 7.22. The second kappa shape index (κ2) is 8.21. The molecule has 1 heterocycles. The van der Waals surface area contributed by atoms with Gasteiger partial charge in [0, 0.05) is 6.04 Å². The first-order chi connectivity index (χ1) is 10.3. The molecule has 1 aromatic rings. The van der Waals surface area contributed by atoms with E-state index in [1.54, 1.807) is 19.9 Å². The van der Waals surface area contributed by atoms with Gasteiger partial charge in [0.05, 0.1) is 12.8 Å². The van der Waals surface area contributed by atoms with Crippen LogP contribution in [0.15, 0.2) is 22.8 Å². The van der Waals surface area contributed by atoms with Gasteiger partial charge in [0.25, 0.3) is 5.91 Å². The van der Waals surface area contributed by atoms with Crippen LogP contribution in [0.5, 0.6) is 0 Å². The lowest BCUT2D eigenvalue weighted by molar-refractivity contribution is -0.128. The van der Waals surface area contributed by atoms with Crippen LogP contribution in [0.4, 0.5) is 0 Å². The van der Waals surface area contributed by atoms with Crippen molar-refractivity contribution in [2.24, 2.45) is 5.92 Å². The summed E-state index contributed by atoms with van der Waals surface area (Å²) in [7, 11) is 0. The van der Waals surface area contributed by atoms with E-state index in [-0.39, 0.29) is 30.2 Å². The molecular formula is C15H23N3O4. The Morgan fingerprint density at radius 2 is 1.82 bits per heavy atom. The van der Waals surface area contributed by atoms with E-state index in [2.05, 4.69) is 16.0 Å². The summed E-state index contributed by atoms with van der Waals surface area (Å²) >= 11 is 0. The van der Waals surface area contributed by atoms with Crippen molar-refractivity contribution < 1.29 is 18.8 Å². The molecule has 1 unspecified atom stereocenters. The zero-order valence-electron chi connectivity index (χ0n) is 13.3. The van der Waals surface area contributed by atoms with Crippen molar-refractivity contribution in [3.05, 3.63) is 24.2 Å². The summed E-state index contributed by atoms with van der Waals surface area (Å²) in [6.07, 6.45) is 1.38. The van der Waals surface area contributed by atoms with Gasteiger partial charge >= 0.3 is 0 Å². The van der Waals surface area contributed by atoms with E-state index in [0.717, 1.165) is 0 Å². The first-order valence-corrected chi connectivity index (χ1v) is 7.22. The van der Waals surface area contributed by atoms with E-state index >= 15 is 0 Å². The summed E-state index contributed by atoms with van der Waals surface area (Å²) in [4.78, 5) is 35.6. The second-order valence-electron chi connectivity index (χ2n) is 5.61. The molecule has 0 saturated heterocycles. The fraction of sp³-hybridized carbons (Fsp3) is 0.533. The third-order valence-electron chi connectivity index (χ3n) is 2.85. The van der Waals surface area contributed by atoms with Gasteiger partial charge in [-0.2, -0.15) is 0 Å². The van der Waals surface area contributed by atoms with Crippen molar-refractivity contribution in [3.8, 4) is 0 Å². The molecule has 1 atom stereocenters. The van der Waals surface area contributed by atoms with Crippen LogP contribution in [-0.4, -0.2) is 36.3 Å². The van der Waals surface area contributed by atoms with Crippen molar-refractivity contribution >= 4 is 17.7 Å². The predicted molar refractivity (Wildman–Crippen MR) is 81.1 cm³/mol. The summed E-state index contributed by atoms with van der Waals surface area (Å²) in [6.45, 7) is 7.15. The molecule has 0 bridgehead atoms. The third kappa shape index (κ3) is 5.59. The van der Waals surface area contributed by atoms with Crippen molar-refractivity contribution in [1.82, 2.24) is 16.0 Å². The maximum atomic E-state index is 12.1. The summed E-state index contributed by atoms with van der Waals surface area (Å²) in [5.41, 5.74) is 0. The molecule has 7 nitrogen and oxygen atoms in total. The van der Waals surface area contributed by atoms with Gasteiger partial charge in [-0.3, -0.25) is 14.4 Å². The minimum Gasteiger partial charge on any atom is -0.459 e. The Labute approximate surface area is 129 Å². The fourth-order valence-electron chi connectivity index (χ4n) is 1.81. The molecule has 7 heteroatoms. The van der Waals surface area contributed by atoms with Crippen molar-refractivity contribution in [3.63, 3.8) is 0 Å². The van der Waals surface area contributed by atoms with Crippen LogP contribution in [0, 0.1) is 5.92 Å². The monoisotopic (exact) mass is 309 g/mol. The summed E-state index contributed by atoms with van der Waals surface area (Å²) in [5, 5.41) is 7.80. The minimum atomic E-state index is -0.746. The highest BCUT2D eigenvalue weighted by Gasteiger charge is 2.25. The molecule has 0 saturated carbocycles. The molecule has 122 valence electrons. The normalized spacial score (nSPS) is 12.1. The van der Waals surface area contributed by atoms with E-state index in [1.165, 1.54) is 12.3 Å². The number of hydrogen-bond acceptors (Lipinski definition) is 4. The molecule has 0 aliphatic carbocycles. The number of hydrogen-bond donors (Lipinski definition) is 3. The standard InChI is InChI=1S/C15H23N3O4/c1-9(2)13(18-14(20)11-6-5-7-22-11)15(21)16-8-12(19)17-10(3)4/h5-7,9-10,13H,8H2,1-4H3,(H,16,21)(H,17,19)(H,18,20). The Hall–Kier alpha value is -2.31. The summed E-state index contributed by atoms with van der Waals surface area (Å²) in [6, 6.07) is 2.37. The first kappa shape index (κ1) is 17.7. The molecule has 1 rings (SSSR count). The summed E-state index contributed by atoms with van der Waals surface area (Å²) in [5.74, 6) is -1.15. The van der Waals surface area contributed by atoms with Gasteiger partial charge in [0.15, 0.2) is 5.76 Å². The van der Waals surface area contributed by atoms with Crippen LogP contribution < -0.4 is 16.0 Å². The number of rotatable bonds is 7. The van der Waals surface area contributed by atoms with E-state index in [9.17, 15) is 14.4 Å². The molecular weight excluding hydrogens is 286 g/mol. The van der Waals surface area contributed by atoms with Gasteiger partial charge in [-0.05, 0) is 31.9 Å². The Kier molecular flexibility index (Phi) is 6.62. The Balaban J connectivity index is 2.57. The fourth-order valence-corrected chi connectivity index (χ4v) is 1.81. The van der Waals surface area contributed by atoms with Gasteiger partial charge in [-0.1, -0.05) is 13.8 Å². The summed E-state index contributed by atoms with van der Waals surface area (Å²) < 4.78 is 4.99. The molecule has 3 N–H and O–H groups in total. The molecule has 22 heavy (non-hydrogen) atoms. The Morgan fingerprint density at radius 3 is 2.32 bits per heavy atom. The van der Waals surface area contributed by atoms with Crippen LogP contribution in [0.3, 0.4) is 0 Å². The van der Waals surface area contributed by atoms with Gasteiger partial charge in [-0.25, -0.2) is 0 Å². The molecule has 1 aromatic heterocycles. The predicted octanol–water partition coefficient (Wildman–Crippen LogP) is 0.675. The number of carbonyl (C=O) groups excluding carboxylic acids is 3. The molecule has 0 fully saturated rings. The van der Waals surface area contributed by atoms with Crippen molar-refractivity contribution in [1.29, 1.82) is 0 Å². The average Bonchev–Trinajstić information content (AvgIpc) is 2.95. The maximum Gasteiger partial charge on any atom is 0.287 e. The van der Waals surface area contributed by atoms with Crippen molar-refractivity contribution in [2.45, 2.75) is 39.8 Å². The van der Waals surface area contributed by atoms with Gasteiger partial charge < -0.3 is 20.4 Å². The molecule has 0 aliphatic rings. The lowest BCUT2D eigenvalue weighted by Crippen LogP contribution is -2.51. The lowest BCUT2D eigenvalue weighted by atomic mass is 10.0. The molecule has 3 amide bonds. The molecule has 0 aromatic carbocycles. The lowest BCUT2D eigenvalue weighted by Gasteiger charge is -2.21. The zero-order chi connectivity index (χ0) is 16.7. The number of furan rings is 1. The molecule has 0 radical (unpaired) electrons. The Bertz CT molecular complexity index is 509. The molecule has 0 aliphatic heterocycles. The SMILES string of the molecule is CC(C)NC(=O)CNC(=O)C(NC(=O)c1ccco1)C(C)C. The third-order valence-corrected chi connectivity index (χ3v) is 2.85. The smallest absolute Gasteiger partial charge is 0.287 e. The largest absolute Gasteiger partial charge is 0.459 e. The van der Waals surface area contributed by atoms with Crippen LogP contribution in [0.25, 0.3) is 0 Å². The number of carbonyl (C=O) groups is 3. The van der Waals surface area contributed by atoms with Gasteiger partial charge in [0.2, 0.25) is 11.8 Å². The molecule has 0 spiro atoms. The Morgan fingerprint density at radius 1 is 1.14 bits per heavy atom. The zero-order valence-corrected chi connectivity index (χ0v) is 13.3. The van der Waals surface area contributed by atoms with Crippen LogP contribution in [0.2, 0.25) is 0 Å². The van der Waals surface area contributed by atoms with E-state index < -0.39 is 17.9 Å². The van der Waals surface area contributed by atoms with Crippen LogP contribution in [0.1, 0.15) is 38.2 Å². The maximum absolute atomic E-state index is 12.1. The van der Waals surface area contributed by atoms with Gasteiger partial charge in [-0.15, -0.1) is 0 Å². The average molecular weight is 309 g/mol. The van der Waals surface area contributed by atoms with Crippen LogP contribution in [-0.2, 0) is 9.59 Å². The van der Waals surface area contributed by atoms with E-state index in [4.69, 9.17) is 4.42 Å². The highest BCUT2D eigenvalue weighted by atomic mass is 16.3. The quantitative estimate of drug-likeness (QED) is 0.689. The highest BCUT2D eigenvalue weighted by Crippen LogP contribution is 2.05. The van der Waals surface area contributed by atoms with Crippen LogP contribution >= 0.6 is 0 Å². The highest BCUT2D eigenvalue weighted by molar-refractivity contribution is 5.96. The second-order valence-corrected chi connectivity index (χ2v) is 5.61. The minimum absolute atomic E-state index is 0.00366. The van der Waals surface area contributed by atoms with Gasteiger partial charge in [0.1, 0.15) is 6.04 Å². The number of amides is 3.